The molecule has 0 spiro atoms. The summed E-state index contributed by atoms with van der Waals surface area (Å²) in [6, 6.07) is 3.08. The van der Waals surface area contributed by atoms with Crippen LogP contribution in [0.2, 0.25) is 0 Å². The Balaban J connectivity index is 1.70. The third-order valence-corrected chi connectivity index (χ3v) is 3.94. The Morgan fingerprint density at radius 3 is 2.84 bits per heavy atom. The highest BCUT2D eigenvalue weighted by molar-refractivity contribution is 7.09. The van der Waals surface area contributed by atoms with Gasteiger partial charge < -0.3 is 5.32 Å². The highest BCUT2D eigenvalue weighted by atomic mass is 32.1. The van der Waals surface area contributed by atoms with E-state index in [1.165, 1.54) is 12.3 Å². The second kappa shape index (κ2) is 5.73. The zero-order valence-electron chi connectivity index (χ0n) is 10.5. The van der Waals surface area contributed by atoms with Gasteiger partial charge in [0, 0.05) is 31.6 Å². The molecular formula is C13H15FN4S. The molecule has 1 fully saturated rings. The van der Waals surface area contributed by atoms with Crippen molar-refractivity contribution in [2.45, 2.75) is 6.54 Å². The maximum Gasteiger partial charge on any atom is 0.141 e. The normalized spacial score (nSPS) is 16.7. The van der Waals surface area contributed by atoms with Gasteiger partial charge in [-0.05, 0) is 12.1 Å². The van der Waals surface area contributed by atoms with E-state index in [1.807, 2.05) is 5.38 Å². The van der Waals surface area contributed by atoms with Gasteiger partial charge in [-0.25, -0.2) is 9.37 Å². The maximum absolute atomic E-state index is 12.8. The zero-order chi connectivity index (χ0) is 13.1. The Labute approximate surface area is 115 Å². The predicted molar refractivity (Wildman–Crippen MR) is 73.4 cm³/mol. The molecule has 1 N–H and O–H groups in total. The minimum absolute atomic E-state index is 0.319. The highest BCUT2D eigenvalue weighted by Crippen LogP contribution is 2.21. The molecule has 1 saturated heterocycles. The van der Waals surface area contributed by atoms with Crippen LogP contribution in [0.15, 0.2) is 23.7 Å². The molecule has 4 nitrogen and oxygen atoms in total. The Hall–Kier alpha value is -1.37. The van der Waals surface area contributed by atoms with Crippen molar-refractivity contribution in [3.63, 3.8) is 0 Å². The number of hydrogen-bond acceptors (Lipinski definition) is 5. The van der Waals surface area contributed by atoms with Gasteiger partial charge in [0.05, 0.1) is 24.1 Å². The van der Waals surface area contributed by atoms with E-state index in [2.05, 4.69) is 20.2 Å². The lowest BCUT2D eigenvalue weighted by Gasteiger charge is -2.26. The summed E-state index contributed by atoms with van der Waals surface area (Å²) in [7, 11) is 0. The molecule has 0 amide bonds. The van der Waals surface area contributed by atoms with E-state index >= 15 is 0 Å². The molecule has 0 unspecified atom stereocenters. The Morgan fingerprint density at radius 1 is 1.26 bits per heavy atom. The quantitative estimate of drug-likeness (QED) is 0.928. The van der Waals surface area contributed by atoms with Crippen LogP contribution in [0.4, 0.5) is 4.39 Å². The number of nitrogens with one attached hydrogen (secondary N) is 1. The van der Waals surface area contributed by atoms with Gasteiger partial charge in [-0.2, -0.15) is 0 Å². The number of nitrogens with zero attached hydrogens (tertiary/aromatic N) is 3. The number of thiazole rings is 1. The average molecular weight is 278 g/mol. The molecule has 0 bridgehead atoms. The van der Waals surface area contributed by atoms with Crippen LogP contribution in [0, 0.1) is 5.82 Å². The summed E-state index contributed by atoms with van der Waals surface area (Å²) in [6.07, 6.45) is 1.23. The molecule has 1 aliphatic heterocycles. The monoisotopic (exact) mass is 278 g/mol. The van der Waals surface area contributed by atoms with E-state index < -0.39 is 0 Å². The number of rotatable bonds is 3. The van der Waals surface area contributed by atoms with Crippen molar-refractivity contribution >= 4 is 11.3 Å². The second-order valence-electron chi connectivity index (χ2n) is 4.51. The fourth-order valence-electron chi connectivity index (χ4n) is 2.09. The molecule has 2 aromatic heterocycles. The highest BCUT2D eigenvalue weighted by Gasteiger charge is 2.13. The fraction of sp³-hybridized carbons (Fsp3) is 0.385. The molecule has 100 valence electrons. The van der Waals surface area contributed by atoms with Crippen molar-refractivity contribution in [1.82, 2.24) is 20.2 Å². The Kier molecular flexibility index (Phi) is 3.82. The van der Waals surface area contributed by atoms with Crippen LogP contribution in [0.3, 0.4) is 0 Å². The first kappa shape index (κ1) is 12.7. The van der Waals surface area contributed by atoms with Crippen LogP contribution in [0.5, 0.6) is 0 Å². The summed E-state index contributed by atoms with van der Waals surface area (Å²) in [6.45, 7) is 5.08. The molecule has 3 heterocycles. The molecule has 0 radical (unpaired) electrons. The molecular weight excluding hydrogens is 263 g/mol. The van der Waals surface area contributed by atoms with E-state index in [0.29, 0.717) is 0 Å². The summed E-state index contributed by atoms with van der Waals surface area (Å²) < 4.78 is 12.8. The van der Waals surface area contributed by atoms with Crippen molar-refractivity contribution in [3.05, 3.63) is 34.5 Å². The van der Waals surface area contributed by atoms with Gasteiger partial charge in [-0.3, -0.25) is 9.88 Å². The van der Waals surface area contributed by atoms with Crippen LogP contribution in [0.1, 0.15) is 5.01 Å². The SMILES string of the molecule is Fc1ccc(-c2csc(CN3CCNCC3)n2)nc1. The van der Waals surface area contributed by atoms with E-state index in [-0.39, 0.29) is 5.82 Å². The summed E-state index contributed by atoms with van der Waals surface area (Å²) in [5.74, 6) is -0.319. The lowest BCUT2D eigenvalue weighted by Crippen LogP contribution is -2.42. The lowest BCUT2D eigenvalue weighted by atomic mass is 10.3. The number of hydrogen-bond donors (Lipinski definition) is 1. The number of pyridine rings is 1. The van der Waals surface area contributed by atoms with Gasteiger partial charge in [0.25, 0.3) is 0 Å². The fourth-order valence-corrected chi connectivity index (χ4v) is 2.92. The molecule has 0 aliphatic carbocycles. The van der Waals surface area contributed by atoms with E-state index in [9.17, 15) is 4.39 Å². The van der Waals surface area contributed by atoms with Gasteiger partial charge in [-0.15, -0.1) is 11.3 Å². The summed E-state index contributed by atoms with van der Waals surface area (Å²) in [5.41, 5.74) is 1.55. The van der Waals surface area contributed by atoms with E-state index in [1.54, 1.807) is 17.4 Å². The van der Waals surface area contributed by atoms with Crippen molar-refractivity contribution in [2.24, 2.45) is 0 Å². The first-order chi connectivity index (χ1) is 9.31. The van der Waals surface area contributed by atoms with Gasteiger partial charge in [-0.1, -0.05) is 0 Å². The molecule has 1 aliphatic rings. The predicted octanol–water partition coefficient (Wildman–Crippen LogP) is 1.75. The lowest BCUT2D eigenvalue weighted by molar-refractivity contribution is 0.233. The van der Waals surface area contributed by atoms with Crippen LogP contribution >= 0.6 is 11.3 Å². The van der Waals surface area contributed by atoms with Crippen LogP contribution in [0.25, 0.3) is 11.4 Å². The minimum Gasteiger partial charge on any atom is -0.314 e. The third-order valence-electron chi connectivity index (χ3n) is 3.11. The third kappa shape index (κ3) is 3.15. The van der Waals surface area contributed by atoms with Crippen molar-refractivity contribution < 1.29 is 4.39 Å². The standard InChI is InChI=1S/C13H15FN4S/c14-10-1-2-11(16-7-10)12-9-19-13(17-12)8-18-5-3-15-4-6-18/h1-2,7,9,15H,3-6,8H2. The number of halogens is 1. The molecule has 0 atom stereocenters. The van der Waals surface area contributed by atoms with Crippen LogP contribution in [-0.4, -0.2) is 41.0 Å². The number of piperazine rings is 1. The molecule has 19 heavy (non-hydrogen) atoms. The molecule has 6 heteroatoms. The second-order valence-corrected chi connectivity index (χ2v) is 5.46. The maximum atomic E-state index is 12.8. The van der Waals surface area contributed by atoms with E-state index in [4.69, 9.17) is 0 Å². The minimum atomic E-state index is -0.319. The van der Waals surface area contributed by atoms with Crippen molar-refractivity contribution in [2.75, 3.05) is 26.2 Å². The Bertz CT molecular complexity index is 534. The molecule has 2 aromatic rings. The molecule has 3 rings (SSSR count). The first-order valence-electron chi connectivity index (χ1n) is 6.31. The average Bonchev–Trinajstić information content (AvgIpc) is 2.89. The van der Waals surface area contributed by atoms with Crippen LogP contribution < -0.4 is 5.32 Å². The van der Waals surface area contributed by atoms with Gasteiger partial charge >= 0.3 is 0 Å². The molecule has 0 saturated carbocycles. The smallest absolute Gasteiger partial charge is 0.141 e. The number of aromatic nitrogens is 2. The topological polar surface area (TPSA) is 41.0 Å². The zero-order valence-corrected chi connectivity index (χ0v) is 11.3. The van der Waals surface area contributed by atoms with Gasteiger partial charge in [0.15, 0.2) is 0 Å². The van der Waals surface area contributed by atoms with E-state index in [0.717, 1.165) is 49.1 Å². The molecule has 0 aromatic carbocycles. The van der Waals surface area contributed by atoms with Crippen LogP contribution in [-0.2, 0) is 6.54 Å². The van der Waals surface area contributed by atoms with Crippen molar-refractivity contribution in [1.29, 1.82) is 0 Å². The first-order valence-corrected chi connectivity index (χ1v) is 7.18. The Morgan fingerprint density at radius 2 is 2.11 bits per heavy atom. The summed E-state index contributed by atoms with van der Waals surface area (Å²) in [4.78, 5) is 11.0. The summed E-state index contributed by atoms with van der Waals surface area (Å²) in [5, 5.41) is 6.40. The van der Waals surface area contributed by atoms with Crippen molar-refractivity contribution in [3.8, 4) is 11.4 Å². The van der Waals surface area contributed by atoms with Gasteiger partial charge in [0.1, 0.15) is 10.8 Å². The van der Waals surface area contributed by atoms with Gasteiger partial charge in [0.2, 0.25) is 0 Å². The summed E-state index contributed by atoms with van der Waals surface area (Å²) >= 11 is 1.64. The largest absolute Gasteiger partial charge is 0.314 e.